The lowest BCUT2D eigenvalue weighted by molar-refractivity contribution is -0.137. The Hall–Kier alpha value is -3.95. The molecular weight excluding hydrogens is 364 g/mol. The van der Waals surface area contributed by atoms with Crippen LogP contribution in [0.1, 0.15) is 27.9 Å². The van der Waals surface area contributed by atoms with E-state index in [-0.39, 0.29) is 23.6 Å². The maximum Gasteiger partial charge on any atom is 0.325 e. The first-order chi connectivity index (χ1) is 13.5. The summed E-state index contributed by atoms with van der Waals surface area (Å²) >= 11 is 0. The standard InChI is InChI=1S/C18H18N6O4/c1-2-23-10-14(16(22-23)18(28)19-12-6-4-3-5-7-12)20-17(27)13-8-9-24(21-13)11-15(25)26/h3-10H,2,11H2,1H3,(H,19,28)(H,20,27)(H,25,26). The van der Waals surface area contributed by atoms with E-state index in [1.807, 2.05) is 13.0 Å². The van der Waals surface area contributed by atoms with Gasteiger partial charge in [-0.25, -0.2) is 0 Å². The summed E-state index contributed by atoms with van der Waals surface area (Å²) in [7, 11) is 0. The van der Waals surface area contributed by atoms with Crippen LogP contribution in [0.5, 0.6) is 0 Å². The Bertz CT molecular complexity index is 1010. The first kappa shape index (κ1) is 18.8. The fraction of sp³-hybridized carbons (Fsp3) is 0.167. The van der Waals surface area contributed by atoms with Gasteiger partial charge in [-0.1, -0.05) is 18.2 Å². The Kier molecular flexibility index (Phi) is 5.49. The number of carboxylic acids is 1. The largest absolute Gasteiger partial charge is 0.480 e. The van der Waals surface area contributed by atoms with Crippen LogP contribution in [0.15, 0.2) is 48.8 Å². The van der Waals surface area contributed by atoms with Gasteiger partial charge in [0, 0.05) is 24.6 Å². The van der Waals surface area contributed by atoms with E-state index in [1.54, 1.807) is 30.5 Å². The number of anilines is 2. The molecule has 0 aliphatic heterocycles. The number of aromatic nitrogens is 4. The minimum atomic E-state index is -1.07. The van der Waals surface area contributed by atoms with Crippen molar-refractivity contribution in [2.24, 2.45) is 0 Å². The molecule has 0 saturated carbocycles. The number of nitrogens with one attached hydrogen (secondary N) is 2. The normalized spacial score (nSPS) is 10.5. The quantitative estimate of drug-likeness (QED) is 0.570. The van der Waals surface area contributed by atoms with Crippen LogP contribution in [0, 0.1) is 0 Å². The monoisotopic (exact) mass is 382 g/mol. The number of hydrogen-bond acceptors (Lipinski definition) is 5. The summed E-state index contributed by atoms with van der Waals surface area (Å²) in [5.74, 6) is -2.11. The van der Waals surface area contributed by atoms with Gasteiger partial charge in [0.25, 0.3) is 11.8 Å². The van der Waals surface area contributed by atoms with Crippen LogP contribution in [0.4, 0.5) is 11.4 Å². The highest BCUT2D eigenvalue weighted by Crippen LogP contribution is 2.17. The van der Waals surface area contributed by atoms with Crippen molar-refractivity contribution in [2.45, 2.75) is 20.0 Å². The molecule has 3 rings (SSSR count). The van der Waals surface area contributed by atoms with Crippen LogP contribution in [-0.4, -0.2) is 42.5 Å². The average molecular weight is 382 g/mol. The molecule has 3 N–H and O–H groups in total. The Balaban J connectivity index is 1.78. The zero-order chi connectivity index (χ0) is 20.1. The first-order valence-corrected chi connectivity index (χ1v) is 8.46. The second-order valence-electron chi connectivity index (χ2n) is 5.81. The third-order valence-corrected chi connectivity index (χ3v) is 3.75. The summed E-state index contributed by atoms with van der Waals surface area (Å²) in [6, 6.07) is 10.3. The fourth-order valence-corrected chi connectivity index (χ4v) is 2.45. The molecule has 0 fully saturated rings. The lowest BCUT2D eigenvalue weighted by atomic mass is 10.3. The summed E-state index contributed by atoms with van der Waals surface area (Å²) in [5.41, 5.74) is 0.917. The molecule has 0 aliphatic rings. The Morgan fingerprint density at radius 3 is 2.43 bits per heavy atom. The van der Waals surface area contributed by atoms with Crippen molar-refractivity contribution in [1.82, 2.24) is 19.6 Å². The van der Waals surface area contributed by atoms with Crippen molar-refractivity contribution >= 4 is 29.2 Å². The van der Waals surface area contributed by atoms with Gasteiger partial charge < -0.3 is 15.7 Å². The van der Waals surface area contributed by atoms with E-state index in [9.17, 15) is 14.4 Å². The molecule has 0 unspecified atom stereocenters. The number of carbonyl (C=O) groups is 3. The molecule has 0 atom stereocenters. The van der Waals surface area contributed by atoms with Crippen molar-refractivity contribution in [3.05, 3.63) is 60.2 Å². The van der Waals surface area contributed by atoms with Gasteiger partial charge in [0.05, 0.1) is 5.69 Å². The predicted molar refractivity (Wildman–Crippen MR) is 100 cm³/mol. The van der Waals surface area contributed by atoms with Gasteiger partial charge in [-0.15, -0.1) is 0 Å². The smallest absolute Gasteiger partial charge is 0.325 e. The van der Waals surface area contributed by atoms with Crippen LogP contribution in [0.2, 0.25) is 0 Å². The molecule has 2 amide bonds. The maximum absolute atomic E-state index is 12.6. The van der Waals surface area contributed by atoms with E-state index in [1.165, 1.54) is 16.9 Å². The van der Waals surface area contributed by atoms with E-state index < -0.39 is 17.8 Å². The predicted octanol–water partition coefficient (Wildman–Crippen LogP) is 1.69. The van der Waals surface area contributed by atoms with E-state index in [0.717, 1.165) is 4.68 Å². The summed E-state index contributed by atoms with van der Waals surface area (Å²) < 4.78 is 2.66. The number of rotatable bonds is 7. The molecule has 10 nitrogen and oxygen atoms in total. The van der Waals surface area contributed by atoms with E-state index >= 15 is 0 Å². The number of aliphatic carboxylic acids is 1. The van der Waals surface area contributed by atoms with Crippen LogP contribution < -0.4 is 10.6 Å². The number of carbonyl (C=O) groups excluding carboxylic acids is 2. The number of carboxylic acid groups (broad SMARTS) is 1. The number of benzene rings is 1. The molecule has 3 aromatic rings. The lowest BCUT2D eigenvalue weighted by Gasteiger charge is -2.05. The maximum atomic E-state index is 12.6. The van der Waals surface area contributed by atoms with Crippen molar-refractivity contribution in [2.75, 3.05) is 10.6 Å². The van der Waals surface area contributed by atoms with Gasteiger partial charge in [-0.2, -0.15) is 10.2 Å². The zero-order valence-corrected chi connectivity index (χ0v) is 15.0. The highest BCUT2D eigenvalue weighted by Gasteiger charge is 2.20. The second kappa shape index (κ2) is 8.16. The van der Waals surface area contributed by atoms with Crippen LogP contribution in [-0.2, 0) is 17.9 Å². The minimum absolute atomic E-state index is 0.0277. The summed E-state index contributed by atoms with van der Waals surface area (Å²) in [6.07, 6.45) is 2.94. The summed E-state index contributed by atoms with van der Waals surface area (Å²) in [4.78, 5) is 35.8. The van der Waals surface area contributed by atoms with Crippen LogP contribution in [0.25, 0.3) is 0 Å². The number of amides is 2. The number of hydrogen-bond donors (Lipinski definition) is 3. The van der Waals surface area contributed by atoms with Crippen molar-refractivity contribution in [3.8, 4) is 0 Å². The molecule has 10 heteroatoms. The van der Waals surface area contributed by atoms with Crippen LogP contribution >= 0.6 is 0 Å². The number of aryl methyl sites for hydroxylation is 1. The van der Waals surface area contributed by atoms with Crippen molar-refractivity contribution < 1.29 is 19.5 Å². The third kappa shape index (κ3) is 4.41. The molecule has 2 heterocycles. The molecule has 0 radical (unpaired) electrons. The van der Waals surface area contributed by atoms with Gasteiger partial charge >= 0.3 is 5.97 Å². The van der Waals surface area contributed by atoms with Crippen LogP contribution in [0.3, 0.4) is 0 Å². The average Bonchev–Trinajstić information content (AvgIpc) is 3.29. The molecule has 0 saturated heterocycles. The van der Waals surface area contributed by atoms with Gasteiger partial charge in [-0.3, -0.25) is 23.7 Å². The second-order valence-corrected chi connectivity index (χ2v) is 5.81. The number of nitrogens with zero attached hydrogens (tertiary/aromatic N) is 4. The Morgan fingerprint density at radius 2 is 1.75 bits per heavy atom. The Morgan fingerprint density at radius 1 is 1.00 bits per heavy atom. The molecule has 0 aliphatic carbocycles. The summed E-state index contributed by atoms with van der Waals surface area (Å²) in [6.45, 7) is 2.01. The molecule has 0 spiro atoms. The number of para-hydroxylation sites is 1. The Labute approximate surface area is 159 Å². The SMILES string of the molecule is CCn1cc(NC(=O)c2ccn(CC(=O)O)n2)c(C(=O)Nc2ccccc2)n1. The van der Waals surface area contributed by atoms with Gasteiger partial charge in [-0.05, 0) is 25.1 Å². The minimum Gasteiger partial charge on any atom is -0.480 e. The van der Waals surface area contributed by atoms with E-state index in [0.29, 0.717) is 12.2 Å². The van der Waals surface area contributed by atoms with Gasteiger partial charge in [0.15, 0.2) is 11.4 Å². The molecule has 2 aromatic heterocycles. The first-order valence-electron chi connectivity index (χ1n) is 8.46. The topological polar surface area (TPSA) is 131 Å². The molecule has 144 valence electrons. The third-order valence-electron chi connectivity index (χ3n) is 3.75. The van der Waals surface area contributed by atoms with E-state index in [4.69, 9.17) is 5.11 Å². The van der Waals surface area contributed by atoms with Crippen molar-refractivity contribution in [3.63, 3.8) is 0 Å². The highest BCUT2D eigenvalue weighted by atomic mass is 16.4. The molecule has 28 heavy (non-hydrogen) atoms. The van der Waals surface area contributed by atoms with Gasteiger partial charge in [0.1, 0.15) is 6.54 Å². The fourth-order valence-electron chi connectivity index (χ4n) is 2.45. The molecular formula is C18H18N6O4. The molecule has 1 aromatic carbocycles. The van der Waals surface area contributed by atoms with Crippen molar-refractivity contribution in [1.29, 1.82) is 0 Å². The lowest BCUT2D eigenvalue weighted by Crippen LogP contribution is -2.19. The highest BCUT2D eigenvalue weighted by molar-refractivity contribution is 6.11. The van der Waals surface area contributed by atoms with E-state index in [2.05, 4.69) is 20.8 Å². The summed E-state index contributed by atoms with van der Waals surface area (Å²) in [5, 5.41) is 22.2. The van der Waals surface area contributed by atoms with Gasteiger partial charge in [0.2, 0.25) is 0 Å². The molecule has 0 bridgehead atoms. The zero-order valence-electron chi connectivity index (χ0n) is 15.0.